The molecule has 0 heterocycles. The van der Waals surface area contributed by atoms with Crippen LogP contribution in [0.1, 0.15) is 39.0 Å². The average Bonchev–Trinajstić information content (AvgIpc) is 2.13. The highest BCUT2D eigenvalue weighted by Gasteiger charge is 2.35. The van der Waals surface area contributed by atoms with Crippen molar-refractivity contribution in [2.24, 2.45) is 5.92 Å². The molecule has 0 aromatic rings. The van der Waals surface area contributed by atoms with E-state index in [1.165, 1.54) is 0 Å². The number of aliphatic hydroxyl groups is 2. The molecule has 5 nitrogen and oxygen atoms in total. The van der Waals surface area contributed by atoms with Crippen LogP contribution in [0, 0.1) is 16.0 Å². The number of hydrogen-bond acceptors (Lipinski definition) is 4. The number of nitro groups is 1. The number of hydrogen-bond donors (Lipinski definition) is 2. The van der Waals surface area contributed by atoms with E-state index >= 15 is 0 Å². The van der Waals surface area contributed by atoms with Gasteiger partial charge in [0, 0.05) is 17.3 Å². The third-order valence-electron chi connectivity index (χ3n) is 3.08. The van der Waals surface area contributed by atoms with Crippen molar-refractivity contribution in [2.75, 3.05) is 0 Å². The number of rotatable bonds is 4. The van der Waals surface area contributed by atoms with Crippen LogP contribution in [0.2, 0.25) is 0 Å². The molecule has 0 amide bonds. The molecule has 0 aliphatic heterocycles. The minimum Gasteiger partial charge on any atom is -0.393 e. The van der Waals surface area contributed by atoms with E-state index in [0.717, 1.165) is 19.3 Å². The van der Waals surface area contributed by atoms with Crippen LogP contribution in [-0.4, -0.2) is 33.4 Å². The molecule has 4 atom stereocenters. The molecule has 0 aromatic carbocycles. The second-order valence-corrected chi connectivity index (χ2v) is 4.52. The van der Waals surface area contributed by atoms with Crippen LogP contribution in [0.4, 0.5) is 0 Å². The van der Waals surface area contributed by atoms with Gasteiger partial charge in [0.1, 0.15) is 0 Å². The zero-order valence-corrected chi connectivity index (χ0v) is 9.00. The summed E-state index contributed by atoms with van der Waals surface area (Å²) >= 11 is 0. The lowest BCUT2D eigenvalue weighted by atomic mass is 9.81. The second-order valence-electron chi connectivity index (χ2n) is 4.52. The van der Waals surface area contributed by atoms with Gasteiger partial charge in [0.15, 0.2) is 0 Å². The topological polar surface area (TPSA) is 83.6 Å². The Morgan fingerprint density at radius 2 is 2.20 bits per heavy atom. The lowest BCUT2D eigenvalue weighted by molar-refractivity contribution is -0.536. The second kappa shape index (κ2) is 5.42. The van der Waals surface area contributed by atoms with Crippen LogP contribution in [0.15, 0.2) is 0 Å². The zero-order chi connectivity index (χ0) is 11.4. The molecule has 4 unspecified atom stereocenters. The first-order valence-corrected chi connectivity index (χ1v) is 5.50. The maximum Gasteiger partial charge on any atom is 0.218 e. The fraction of sp³-hybridized carbons (Fsp3) is 1.00. The number of aliphatic hydroxyl groups excluding tert-OH is 2. The molecule has 88 valence electrons. The molecule has 0 bridgehead atoms. The number of nitrogens with zero attached hydrogens (tertiary/aromatic N) is 1. The summed E-state index contributed by atoms with van der Waals surface area (Å²) < 4.78 is 0. The summed E-state index contributed by atoms with van der Waals surface area (Å²) in [6.45, 7) is 1.57. The van der Waals surface area contributed by atoms with Crippen molar-refractivity contribution in [3.8, 4) is 0 Å². The first-order valence-electron chi connectivity index (χ1n) is 5.50. The smallest absolute Gasteiger partial charge is 0.218 e. The van der Waals surface area contributed by atoms with Crippen molar-refractivity contribution in [3.63, 3.8) is 0 Å². The van der Waals surface area contributed by atoms with E-state index in [-0.39, 0.29) is 17.3 Å². The Morgan fingerprint density at radius 3 is 2.67 bits per heavy atom. The molecule has 0 radical (unpaired) electrons. The summed E-state index contributed by atoms with van der Waals surface area (Å²) in [5, 5.41) is 29.5. The van der Waals surface area contributed by atoms with Gasteiger partial charge in [-0.1, -0.05) is 6.42 Å². The minimum atomic E-state index is -0.708. The van der Waals surface area contributed by atoms with Gasteiger partial charge in [0.25, 0.3) is 0 Å². The first kappa shape index (κ1) is 12.4. The molecular weight excluding hydrogens is 198 g/mol. The van der Waals surface area contributed by atoms with Gasteiger partial charge in [-0.3, -0.25) is 10.1 Å². The third-order valence-corrected chi connectivity index (χ3v) is 3.08. The van der Waals surface area contributed by atoms with Crippen molar-refractivity contribution in [3.05, 3.63) is 10.1 Å². The van der Waals surface area contributed by atoms with Crippen LogP contribution >= 0.6 is 0 Å². The molecule has 0 aromatic heterocycles. The summed E-state index contributed by atoms with van der Waals surface area (Å²) in [5.41, 5.74) is 0. The molecule has 0 saturated heterocycles. The monoisotopic (exact) mass is 217 g/mol. The standard InChI is InChI=1S/C10H19NO4/c1-7(12)5-10(11(14)15)8-3-2-4-9(13)6-8/h7-10,12-13H,2-6H2,1H3. The Morgan fingerprint density at radius 1 is 1.53 bits per heavy atom. The van der Waals surface area contributed by atoms with E-state index in [4.69, 9.17) is 0 Å². The average molecular weight is 217 g/mol. The van der Waals surface area contributed by atoms with Crippen LogP contribution < -0.4 is 0 Å². The van der Waals surface area contributed by atoms with Crippen molar-refractivity contribution in [2.45, 2.75) is 57.3 Å². The molecule has 2 N–H and O–H groups in total. The molecule has 1 rings (SSSR count). The summed E-state index contributed by atoms with van der Waals surface area (Å²) in [5.74, 6) is -0.0849. The highest BCUT2D eigenvalue weighted by molar-refractivity contribution is 4.79. The fourth-order valence-electron chi connectivity index (χ4n) is 2.35. The van der Waals surface area contributed by atoms with Gasteiger partial charge >= 0.3 is 0 Å². The maximum atomic E-state index is 10.9. The van der Waals surface area contributed by atoms with Gasteiger partial charge < -0.3 is 10.2 Å². The lowest BCUT2D eigenvalue weighted by Gasteiger charge is -2.28. The van der Waals surface area contributed by atoms with Crippen LogP contribution in [0.3, 0.4) is 0 Å². The highest BCUT2D eigenvalue weighted by atomic mass is 16.6. The van der Waals surface area contributed by atoms with E-state index in [1.807, 2.05) is 0 Å². The van der Waals surface area contributed by atoms with E-state index in [1.54, 1.807) is 6.92 Å². The Kier molecular flexibility index (Phi) is 4.47. The first-order chi connectivity index (χ1) is 7.00. The zero-order valence-electron chi connectivity index (χ0n) is 9.00. The van der Waals surface area contributed by atoms with Crippen molar-refractivity contribution < 1.29 is 15.1 Å². The Balaban J connectivity index is 2.58. The highest BCUT2D eigenvalue weighted by Crippen LogP contribution is 2.30. The van der Waals surface area contributed by atoms with Crippen molar-refractivity contribution in [1.29, 1.82) is 0 Å². The largest absolute Gasteiger partial charge is 0.393 e. The normalized spacial score (nSPS) is 30.9. The predicted molar refractivity (Wildman–Crippen MR) is 55.0 cm³/mol. The van der Waals surface area contributed by atoms with E-state index < -0.39 is 18.2 Å². The van der Waals surface area contributed by atoms with Crippen molar-refractivity contribution in [1.82, 2.24) is 0 Å². The molecule has 5 heteroatoms. The fourth-order valence-corrected chi connectivity index (χ4v) is 2.35. The van der Waals surface area contributed by atoms with Crippen LogP contribution in [-0.2, 0) is 0 Å². The molecule has 15 heavy (non-hydrogen) atoms. The maximum absolute atomic E-state index is 10.9. The summed E-state index contributed by atoms with van der Waals surface area (Å²) in [4.78, 5) is 10.5. The van der Waals surface area contributed by atoms with Gasteiger partial charge in [-0.05, 0) is 26.2 Å². The molecule has 1 aliphatic carbocycles. The molecular formula is C10H19NO4. The summed E-state index contributed by atoms with van der Waals surface area (Å²) in [6.07, 6.45) is 2.00. The summed E-state index contributed by atoms with van der Waals surface area (Å²) in [7, 11) is 0. The molecule has 1 saturated carbocycles. The Bertz CT molecular complexity index is 219. The SMILES string of the molecule is CC(O)CC(C1CCCC(O)C1)[N+](=O)[O-]. The van der Waals surface area contributed by atoms with Gasteiger partial charge in [-0.2, -0.15) is 0 Å². The minimum absolute atomic E-state index is 0.0849. The molecule has 1 aliphatic rings. The molecule has 1 fully saturated rings. The van der Waals surface area contributed by atoms with E-state index in [0.29, 0.717) is 6.42 Å². The third kappa shape index (κ3) is 3.76. The van der Waals surface area contributed by atoms with Gasteiger partial charge in [-0.25, -0.2) is 0 Å². The van der Waals surface area contributed by atoms with Gasteiger partial charge in [0.05, 0.1) is 12.2 Å². The lowest BCUT2D eigenvalue weighted by Crippen LogP contribution is -2.36. The van der Waals surface area contributed by atoms with Gasteiger partial charge in [-0.15, -0.1) is 0 Å². The van der Waals surface area contributed by atoms with Gasteiger partial charge in [0.2, 0.25) is 6.04 Å². The summed E-state index contributed by atoms with van der Waals surface area (Å²) in [6, 6.07) is -0.708. The van der Waals surface area contributed by atoms with E-state index in [9.17, 15) is 20.3 Å². The van der Waals surface area contributed by atoms with Crippen LogP contribution in [0.5, 0.6) is 0 Å². The predicted octanol–water partition coefficient (Wildman–Crippen LogP) is 0.954. The quantitative estimate of drug-likeness (QED) is 0.542. The van der Waals surface area contributed by atoms with E-state index in [2.05, 4.69) is 0 Å². The van der Waals surface area contributed by atoms with Crippen LogP contribution in [0.25, 0.3) is 0 Å². The Labute approximate surface area is 89.3 Å². The Hall–Kier alpha value is -0.680. The molecule has 0 spiro atoms. The van der Waals surface area contributed by atoms with Crippen molar-refractivity contribution >= 4 is 0 Å².